The third-order valence-corrected chi connectivity index (χ3v) is 5.80. The number of hydrogen-bond acceptors (Lipinski definition) is 6. The molecule has 0 saturated carbocycles. The van der Waals surface area contributed by atoms with Crippen LogP contribution < -0.4 is 11.2 Å². The van der Waals surface area contributed by atoms with Gasteiger partial charge in [-0.25, -0.2) is 9.18 Å². The van der Waals surface area contributed by atoms with Gasteiger partial charge in [0.15, 0.2) is 5.69 Å². The quantitative estimate of drug-likeness (QED) is 0.693. The van der Waals surface area contributed by atoms with Crippen molar-refractivity contribution in [2.75, 3.05) is 26.3 Å². The molecule has 1 aromatic heterocycles. The molecule has 1 atom stereocenters. The van der Waals surface area contributed by atoms with Crippen LogP contribution in [0.25, 0.3) is 0 Å². The maximum absolute atomic E-state index is 13.1. The van der Waals surface area contributed by atoms with Crippen molar-refractivity contribution < 1.29 is 23.8 Å². The minimum Gasteiger partial charge on any atom is -0.501 e. The van der Waals surface area contributed by atoms with Crippen molar-refractivity contribution in [1.29, 1.82) is 0 Å². The molecule has 1 fully saturated rings. The van der Waals surface area contributed by atoms with Gasteiger partial charge in [-0.15, -0.1) is 0 Å². The Bertz CT molecular complexity index is 1170. The monoisotopic (exact) mass is 446 g/mol. The van der Waals surface area contributed by atoms with Gasteiger partial charge in [-0.1, -0.05) is 12.1 Å². The van der Waals surface area contributed by atoms with Crippen molar-refractivity contribution in [2.24, 2.45) is 0 Å². The topological polar surface area (TPSA) is 114 Å². The normalized spacial score (nSPS) is 18.6. The minimum absolute atomic E-state index is 0.0759. The standard InChI is InChI=1S/C21H23FN4O6/c1-13(27)24-8-9-32-12-16(24)11-26-20(30)18(28)17-19(29)23(6-7-25(17)21(26)31)10-14-2-4-15(22)5-3-14/h2-5,16,28H,6-12H2,1H3. The van der Waals surface area contributed by atoms with Gasteiger partial charge in [0.25, 0.3) is 11.5 Å². The third-order valence-electron chi connectivity index (χ3n) is 5.80. The molecule has 170 valence electrons. The molecule has 4 rings (SSSR count). The fourth-order valence-corrected chi connectivity index (χ4v) is 4.13. The summed E-state index contributed by atoms with van der Waals surface area (Å²) in [5, 5.41) is 10.5. The number of ether oxygens (including phenoxy) is 1. The minimum atomic E-state index is -0.993. The molecular weight excluding hydrogens is 423 g/mol. The van der Waals surface area contributed by atoms with Crippen LogP contribution in [0, 0.1) is 5.82 Å². The lowest BCUT2D eigenvalue weighted by Crippen LogP contribution is -2.55. The van der Waals surface area contributed by atoms with Gasteiger partial charge < -0.3 is 19.6 Å². The van der Waals surface area contributed by atoms with Gasteiger partial charge in [-0.2, -0.15) is 0 Å². The summed E-state index contributed by atoms with van der Waals surface area (Å²) in [4.78, 5) is 53.6. The summed E-state index contributed by atoms with van der Waals surface area (Å²) in [6.07, 6.45) is 0. The highest BCUT2D eigenvalue weighted by Gasteiger charge is 2.33. The summed E-state index contributed by atoms with van der Waals surface area (Å²) in [7, 11) is 0. The SMILES string of the molecule is CC(=O)N1CCOCC1Cn1c(=O)c(O)c2n(c1=O)CCN(Cc1ccc(F)cc1)C2=O. The van der Waals surface area contributed by atoms with Gasteiger partial charge in [-0.3, -0.25) is 23.5 Å². The largest absolute Gasteiger partial charge is 0.501 e. The number of hydrogen-bond donors (Lipinski definition) is 1. The molecule has 11 heteroatoms. The maximum Gasteiger partial charge on any atom is 0.331 e. The smallest absolute Gasteiger partial charge is 0.331 e. The Labute approximate surface area is 182 Å². The van der Waals surface area contributed by atoms with Crippen molar-refractivity contribution in [3.8, 4) is 5.75 Å². The van der Waals surface area contributed by atoms with Crippen LogP contribution in [0.1, 0.15) is 23.0 Å². The summed E-state index contributed by atoms with van der Waals surface area (Å²) in [6, 6.07) is 5.08. The first-order valence-electron chi connectivity index (χ1n) is 10.2. The average molecular weight is 446 g/mol. The number of rotatable bonds is 4. The molecule has 0 bridgehead atoms. The zero-order valence-corrected chi connectivity index (χ0v) is 17.5. The second-order valence-electron chi connectivity index (χ2n) is 7.84. The van der Waals surface area contributed by atoms with Crippen molar-refractivity contribution in [3.63, 3.8) is 0 Å². The maximum atomic E-state index is 13.1. The van der Waals surface area contributed by atoms with Crippen LogP contribution in [0.4, 0.5) is 4.39 Å². The zero-order chi connectivity index (χ0) is 23.0. The summed E-state index contributed by atoms with van der Waals surface area (Å²) in [5.41, 5.74) is -1.42. The second-order valence-corrected chi connectivity index (χ2v) is 7.84. The van der Waals surface area contributed by atoms with Crippen LogP contribution in [0.15, 0.2) is 33.9 Å². The molecule has 2 aliphatic heterocycles. The van der Waals surface area contributed by atoms with Gasteiger partial charge in [0.1, 0.15) is 5.82 Å². The van der Waals surface area contributed by atoms with E-state index in [9.17, 15) is 28.7 Å². The average Bonchev–Trinajstić information content (AvgIpc) is 2.78. The Morgan fingerprint density at radius 2 is 1.88 bits per heavy atom. The molecular formula is C21H23FN4O6. The first-order valence-corrected chi connectivity index (χ1v) is 10.2. The van der Waals surface area contributed by atoms with Crippen LogP contribution in [0.2, 0.25) is 0 Å². The van der Waals surface area contributed by atoms with E-state index in [1.165, 1.54) is 41.0 Å². The number of fused-ring (bicyclic) bond motifs is 1. The van der Waals surface area contributed by atoms with E-state index < -0.39 is 34.8 Å². The van der Waals surface area contributed by atoms with Crippen molar-refractivity contribution in [1.82, 2.24) is 18.9 Å². The highest BCUT2D eigenvalue weighted by atomic mass is 19.1. The first kappa shape index (κ1) is 21.8. The Balaban J connectivity index is 1.65. The van der Waals surface area contributed by atoms with Crippen molar-refractivity contribution in [3.05, 3.63) is 62.2 Å². The fourth-order valence-electron chi connectivity index (χ4n) is 4.13. The van der Waals surface area contributed by atoms with E-state index in [-0.39, 0.29) is 44.4 Å². The molecule has 1 saturated heterocycles. The molecule has 10 nitrogen and oxygen atoms in total. The highest BCUT2D eigenvalue weighted by molar-refractivity contribution is 5.95. The zero-order valence-electron chi connectivity index (χ0n) is 17.5. The van der Waals surface area contributed by atoms with Gasteiger partial charge in [0.05, 0.1) is 25.8 Å². The molecule has 0 radical (unpaired) electrons. The van der Waals surface area contributed by atoms with Crippen molar-refractivity contribution >= 4 is 11.8 Å². The van der Waals surface area contributed by atoms with Gasteiger partial charge >= 0.3 is 5.69 Å². The molecule has 1 N–H and O–H groups in total. The van der Waals surface area contributed by atoms with E-state index in [1.807, 2.05) is 0 Å². The fraction of sp³-hybridized carbons (Fsp3) is 0.429. The Morgan fingerprint density at radius 1 is 1.16 bits per heavy atom. The van der Waals surface area contributed by atoms with E-state index in [1.54, 1.807) is 0 Å². The number of benzene rings is 1. The summed E-state index contributed by atoms with van der Waals surface area (Å²) in [5.74, 6) is -2.09. The number of nitrogens with zero attached hydrogens (tertiary/aromatic N) is 4. The molecule has 32 heavy (non-hydrogen) atoms. The molecule has 3 heterocycles. The predicted molar refractivity (Wildman–Crippen MR) is 110 cm³/mol. The predicted octanol–water partition coefficient (Wildman–Crippen LogP) is -0.242. The molecule has 1 aromatic carbocycles. The first-order chi connectivity index (χ1) is 15.3. The lowest BCUT2D eigenvalue weighted by Gasteiger charge is -2.35. The molecule has 2 aromatic rings. The molecule has 2 aliphatic rings. The third kappa shape index (κ3) is 3.91. The number of aromatic hydroxyl groups is 1. The molecule has 2 amide bonds. The summed E-state index contributed by atoms with van der Waals surface area (Å²) in [6.45, 7) is 2.48. The van der Waals surface area contributed by atoms with Gasteiger partial charge in [-0.05, 0) is 17.7 Å². The van der Waals surface area contributed by atoms with Gasteiger partial charge in [0, 0.05) is 33.1 Å². The summed E-state index contributed by atoms with van der Waals surface area (Å²) < 4.78 is 20.5. The molecule has 0 spiro atoms. The van der Waals surface area contributed by atoms with Crippen LogP contribution >= 0.6 is 0 Å². The molecule has 1 unspecified atom stereocenters. The summed E-state index contributed by atoms with van der Waals surface area (Å²) >= 11 is 0. The molecule has 0 aliphatic carbocycles. The van der Waals surface area contributed by atoms with E-state index in [2.05, 4.69) is 0 Å². The van der Waals surface area contributed by atoms with E-state index in [0.717, 1.165) is 9.13 Å². The van der Waals surface area contributed by atoms with E-state index >= 15 is 0 Å². The number of halogens is 1. The Hall–Kier alpha value is -3.47. The number of carbonyl (C=O) groups is 2. The Morgan fingerprint density at radius 3 is 2.56 bits per heavy atom. The second kappa shape index (κ2) is 8.58. The number of carbonyl (C=O) groups excluding carboxylic acids is 2. The van der Waals surface area contributed by atoms with Crippen LogP contribution in [-0.2, 0) is 29.2 Å². The van der Waals surface area contributed by atoms with Crippen LogP contribution in [-0.4, -0.2) is 68.2 Å². The number of aromatic nitrogens is 2. The van der Waals surface area contributed by atoms with Crippen LogP contribution in [0.3, 0.4) is 0 Å². The van der Waals surface area contributed by atoms with E-state index in [4.69, 9.17) is 4.74 Å². The highest BCUT2D eigenvalue weighted by Crippen LogP contribution is 2.20. The van der Waals surface area contributed by atoms with Crippen molar-refractivity contribution in [2.45, 2.75) is 32.6 Å². The van der Waals surface area contributed by atoms with E-state index in [0.29, 0.717) is 18.7 Å². The lowest BCUT2D eigenvalue weighted by molar-refractivity contribution is -0.138. The number of morpholine rings is 1. The van der Waals surface area contributed by atoms with Gasteiger partial charge in [0.2, 0.25) is 11.7 Å². The van der Waals surface area contributed by atoms with Crippen LogP contribution in [0.5, 0.6) is 5.75 Å². The number of amides is 2. The Kier molecular flexibility index (Phi) is 5.83. The lowest BCUT2D eigenvalue weighted by atomic mass is 10.1.